The highest BCUT2D eigenvalue weighted by atomic mass is 16.6. The van der Waals surface area contributed by atoms with Crippen LogP contribution < -0.4 is 5.32 Å². The van der Waals surface area contributed by atoms with Crippen LogP contribution in [0.3, 0.4) is 0 Å². The number of anilines is 1. The van der Waals surface area contributed by atoms with Gasteiger partial charge >= 0.3 is 5.82 Å². The molecule has 4 rings (SSSR count). The Bertz CT molecular complexity index is 931. The summed E-state index contributed by atoms with van der Waals surface area (Å²) in [6.07, 6.45) is 6.23. The zero-order valence-electron chi connectivity index (χ0n) is 14.5. The third-order valence-corrected chi connectivity index (χ3v) is 4.84. The Hall–Kier alpha value is -3.16. The molecular weight excluding hydrogens is 332 g/mol. The van der Waals surface area contributed by atoms with E-state index in [0.29, 0.717) is 5.82 Å². The van der Waals surface area contributed by atoms with Gasteiger partial charge in [-0.3, -0.25) is 9.25 Å². The van der Waals surface area contributed by atoms with Gasteiger partial charge in [0.1, 0.15) is 0 Å². The molecule has 3 aromatic rings. The van der Waals surface area contributed by atoms with Crippen molar-refractivity contribution in [1.29, 1.82) is 0 Å². The maximum Gasteiger partial charge on any atom is 0.406 e. The van der Waals surface area contributed by atoms with Crippen molar-refractivity contribution in [3.63, 3.8) is 0 Å². The molecule has 134 valence electrons. The molecule has 0 saturated carbocycles. The minimum Gasteiger partial charge on any atom is -0.358 e. The van der Waals surface area contributed by atoms with Gasteiger partial charge in [-0.25, -0.2) is 0 Å². The lowest BCUT2D eigenvalue weighted by Crippen LogP contribution is -2.20. The average Bonchev–Trinajstić information content (AvgIpc) is 3.21. The maximum atomic E-state index is 11.2. The highest BCUT2D eigenvalue weighted by Gasteiger charge is 2.28. The zero-order chi connectivity index (χ0) is 18.1. The van der Waals surface area contributed by atoms with Crippen molar-refractivity contribution in [1.82, 2.24) is 19.3 Å². The topological polar surface area (TPSA) is 90.8 Å². The number of imidazole rings is 1. The van der Waals surface area contributed by atoms with E-state index in [0.717, 1.165) is 31.4 Å². The second kappa shape index (κ2) is 6.62. The van der Waals surface area contributed by atoms with Crippen molar-refractivity contribution in [2.24, 2.45) is 7.05 Å². The van der Waals surface area contributed by atoms with Gasteiger partial charge in [0.05, 0.1) is 18.8 Å². The predicted molar refractivity (Wildman–Crippen MR) is 96.9 cm³/mol. The smallest absolute Gasteiger partial charge is 0.358 e. The number of benzene rings is 1. The molecule has 1 aromatic carbocycles. The summed E-state index contributed by atoms with van der Waals surface area (Å²) in [6, 6.07) is 10.2. The third-order valence-electron chi connectivity index (χ3n) is 4.84. The van der Waals surface area contributed by atoms with Gasteiger partial charge in [-0.05, 0) is 34.7 Å². The number of nitrogens with one attached hydrogen (secondary N) is 1. The molecule has 0 aliphatic heterocycles. The number of aryl methyl sites for hydroxylation is 1. The summed E-state index contributed by atoms with van der Waals surface area (Å²) in [6.45, 7) is 0.731. The van der Waals surface area contributed by atoms with E-state index in [1.165, 1.54) is 17.6 Å². The van der Waals surface area contributed by atoms with Crippen LogP contribution in [0.15, 0.2) is 42.9 Å². The van der Waals surface area contributed by atoms with Gasteiger partial charge in [0.25, 0.3) is 0 Å². The van der Waals surface area contributed by atoms with Crippen molar-refractivity contribution in [3.05, 3.63) is 69.8 Å². The van der Waals surface area contributed by atoms with Crippen LogP contribution in [-0.4, -0.2) is 24.3 Å². The van der Waals surface area contributed by atoms with Gasteiger partial charge in [-0.2, -0.15) is 5.10 Å². The summed E-state index contributed by atoms with van der Waals surface area (Å²) >= 11 is 0. The first-order chi connectivity index (χ1) is 12.6. The monoisotopic (exact) mass is 352 g/mol. The second-order valence-corrected chi connectivity index (χ2v) is 6.56. The third kappa shape index (κ3) is 2.94. The van der Waals surface area contributed by atoms with Crippen molar-refractivity contribution >= 4 is 11.6 Å². The van der Waals surface area contributed by atoms with Gasteiger partial charge in [0.2, 0.25) is 12.1 Å². The number of fused-ring (bicyclic) bond motifs is 1. The van der Waals surface area contributed by atoms with Crippen LogP contribution in [0.25, 0.3) is 0 Å². The number of aromatic nitrogens is 4. The highest BCUT2D eigenvalue weighted by Crippen LogP contribution is 2.34. The predicted octanol–water partition coefficient (Wildman–Crippen LogP) is 3.06. The fourth-order valence-electron chi connectivity index (χ4n) is 3.54. The van der Waals surface area contributed by atoms with Crippen molar-refractivity contribution in [3.8, 4) is 0 Å². The molecule has 0 spiro atoms. The van der Waals surface area contributed by atoms with Crippen LogP contribution >= 0.6 is 0 Å². The number of nitro groups is 1. The van der Waals surface area contributed by atoms with Crippen molar-refractivity contribution < 1.29 is 4.92 Å². The molecule has 0 fully saturated rings. The highest BCUT2D eigenvalue weighted by molar-refractivity contribution is 5.54. The minimum atomic E-state index is -0.453. The molecule has 8 heteroatoms. The van der Waals surface area contributed by atoms with E-state index in [-0.39, 0.29) is 11.9 Å². The molecule has 0 unspecified atom stereocenters. The molecule has 0 saturated heterocycles. The van der Waals surface area contributed by atoms with Crippen LogP contribution in [0.1, 0.15) is 35.7 Å². The lowest BCUT2D eigenvalue weighted by molar-refractivity contribution is -0.388. The molecule has 8 nitrogen and oxygen atoms in total. The quantitative estimate of drug-likeness (QED) is 0.563. The Labute approximate surface area is 150 Å². The summed E-state index contributed by atoms with van der Waals surface area (Å²) in [5, 5.41) is 19.1. The maximum absolute atomic E-state index is 11.2. The Morgan fingerprint density at radius 3 is 2.92 bits per heavy atom. The molecular formula is C18H20N6O2. The van der Waals surface area contributed by atoms with Gasteiger partial charge in [0, 0.05) is 18.3 Å². The second-order valence-electron chi connectivity index (χ2n) is 6.56. The van der Waals surface area contributed by atoms with Gasteiger partial charge in [0.15, 0.2) is 0 Å². The summed E-state index contributed by atoms with van der Waals surface area (Å²) < 4.78 is 3.69. The molecule has 26 heavy (non-hydrogen) atoms. The lowest BCUT2D eigenvalue weighted by atomic mass is 9.93. The molecule has 0 radical (unpaired) electrons. The Morgan fingerprint density at radius 1 is 1.35 bits per heavy atom. The van der Waals surface area contributed by atoms with E-state index in [1.807, 2.05) is 29.1 Å². The zero-order valence-corrected chi connectivity index (χ0v) is 14.5. The fourth-order valence-corrected chi connectivity index (χ4v) is 3.54. The Balaban J connectivity index is 1.61. The molecule has 2 heterocycles. The molecule has 1 N–H and O–H groups in total. The lowest BCUT2D eigenvalue weighted by Gasteiger charge is -2.24. The molecule has 1 aliphatic carbocycles. The standard InChI is InChI=1S/C18H20N6O2/c1-22-12-19-17(24(25)26)18(22)21-15-8-5-9-16-14(15)10-20-23(16)11-13-6-3-2-4-7-13/h2-4,6-7,10,12,15,21H,5,8-9,11H2,1H3/t15-/m0/s1. The van der Waals surface area contributed by atoms with E-state index in [4.69, 9.17) is 0 Å². The fraction of sp³-hybridized carbons (Fsp3) is 0.333. The van der Waals surface area contributed by atoms with Crippen LogP contribution in [-0.2, 0) is 20.0 Å². The summed E-state index contributed by atoms with van der Waals surface area (Å²) in [5.41, 5.74) is 3.51. The Morgan fingerprint density at radius 2 is 2.15 bits per heavy atom. The van der Waals surface area contributed by atoms with Gasteiger partial charge < -0.3 is 15.4 Å². The number of hydrogen-bond donors (Lipinski definition) is 1. The molecule has 0 bridgehead atoms. The van der Waals surface area contributed by atoms with Gasteiger partial charge in [-0.15, -0.1) is 0 Å². The van der Waals surface area contributed by atoms with Crippen LogP contribution in [0.5, 0.6) is 0 Å². The SMILES string of the molecule is Cn1cnc([N+](=O)[O-])c1N[C@H]1CCCc2c1cnn2Cc1ccccc1. The first kappa shape index (κ1) is 16.3. The van der Waals surface area contributed by atoms with Crippen molar-refractivity contribution in [2.75, 3.05) is 5.32 Å². The summed E-state index contributed by atoms with van der Waals surface area (Å²) in [7, 11) is 1.75. The van der Waals surface area contributed by atoms with Crippen LogP contribution in [0, 0.1) is 10.1 Å². The normalized spacial score (nSPS) is 16.3. The summed E-state index contributed by atoms with van der Waals surface area (Å²) in [4.78, 5) is 14.6. The number of rotatable bonds is 5. The van der Waals surface area contributed by atoms with E-state index in [2.05, 4.69) is 27.5 Å². The minimum absolute atomic E-state index is 0.00243. The van der Waals surface area contributed by atoms with E-state index in [1.54, 1.807) is 11.6 Å². The van der Waals surface area contributed by atoms with Crippen LogP contribution in [0.2, 0.25) is 0 Å². The summed E-state index contributed by atoms with van der Waals surface area (Å²) in [5.74, 6) is 0.292. The molecule has 0 amide bonds. The first-order valence-electron chi connectivity index (χ1n) is 8.64. The molecule has 1 aliphatic rings. The Kier molecular flexibility index (Phi) is 4.16. The number of nitrogens with zero attached hydrogens (tertiary/aromatic N) is 5. The molecule has 2 aromatic heterocycles. The molecule has 1 atom stereocenters. The van der Waals surface area contributed by atoms with Crippen LogP contribution in [0.4, 0.5) is 11.6 Å². The van der Waals surface area contributed by atoms with Gasteiger partial charge in [-0.1, -0.05) is 30.3 Å². The largest absolute Gasteiger partial charge is 0.406 e. The van der Waals surface area contributed by atoms with E-state index < -0.39 is 4.92 Å². The van der Waals surface area contributed by atoms with Crippen molar-refractivity contribution in [2.45, 2.75) is 31.8 Å². The van der Waals surface area contributed by atoms with E-state index in [9.17, 15) is 10.1 Å². The first-order valence-corrected chi connectivity index (χ1v) is 8.64. The average molecular weight is 352 g/mol. The number of hydrogen-bond acceptors (Lipinski definition) is 5. The van der Waals surface area contributed by atoms with E-state index >= 15 is 0 Å².